The van der Waals surface area contributed by atoms with Gasteiger partial charge in [-0.3, -0.25) is 19.0 Å². The SMILES string of the molecule is Cc1ccccc1NC(=O)c1cc2c(n(-c3ccc(Cl)cc3)c1=O)CCCC2=O. The molecule has 1 amide bonds. The normalized spacial score (nSPS) is 13.1. The summed E-state index contributed by atoms with van der Waals surface area (Å²) in [5.41, 5.74) is 2.65. The van der Waals surface area contributed by atoms with Gasteiger partial charge in [-0.2, -0.15) is 0 Å². The molecular formula is C23H19ClN2O3. The summed E-state index contributed by atoms with van der Waals surface area (Å²) in [6.45, 7) is 1.87. The molecule has 0 atom stereocenters. The van der Waals surface area contributed by atoms with Crippen LogP contribution in [0.3, 0.4) is 0 Å². The van der Waals surface area contributed by atoms with Crippen molar-refractivity contribution >= 4 is 29.0 Å². The first-order chi connectivity index (χ1) is 14.0. The number of nitrogens with zero attached hydrogens (tertiary/aromatic N) is 1. The van der Waals surface area contributed by atoms with Crippen molar-refractivity contribution in [2.24, 2.45) is 0 Å². The number of hydrogen-bond acceptors (Lipinski definition) is 3. The summed E-state index contributed by atoms with van der Waals surface area (Å²) in [6, 6.07) is 15.6. The van der Waals surface area contributed by atoms with Crippen molar-refractivity contribution < 1.29 is 9.59 Å². The molecule has 146 valence electrons. The van der Waals surface area contributed by atoms with Crippen LogP contribution in [0.1, 0.15) is 44.8 Å². The number of ketones is 1. The molecule has 3 aromatic rings. The number of carbonyl (C=O) groups excluding carboxylic acids is 2. The van der Waals surface area contributed by atoms with Crippen molar-refractivity contribution in [3.63, 3.8) is 0 Å². The van der Waals surface area contributed by atoms with Gasteiger partial charge in [-0.1, -0.05) is 29.8 Å². The average molecular weight is 407 g/mol. The molecule has 0 unspecified atom stereocenters. The lowest BCUT2D eigenvalue weighted by Gasteiger charge is -2.21. The van der Waals surface area contributed by atoms with Crippen LogP contribution in [0.5, 0.6) is 0 Å². The van der Waals surface area contributed by atoms with Gasteiger partial charge in [0.2, 0.25) is 0 Å². The summed E-state index contributed by atoms with van der Waals surface area (Å²) < 4.78 is 1.47. The Kier molecular flexibility index (Phi) is 5.07. The molecule has 1 aliphatic carbocycles. The van der Waals surface area contributed by atoms with E-state index < -0.39 is 11.5 Å². The number of aryl methyl sites for hydroxylation is 1. The number of nitrogens with one attached hydrogen (secondary N) is 1. The lowest BCUT2D eigenvalue weighted by molar-refractivity contribution is 0.0971. The van der Waals surface area contributed by atoms with E-state index in [4.69, 9.17) is 11.6 Å². The van der Waals surface area contributed by atoms with Crippen LogP contribution in [0, 0.1) is 6.92 Å². The molecule has 0 aliphatic heterocycles. The third-order valence-electron chi connectivity index (χ3n) is 5.14. The monoisotopic (exact) mass is 406 g/mol. The fraction of sp³-hybridized carbons (Fsp3) is 0.174. The Morgan fingerprint density at radius 1 is 1.03 bits per heavy atom. The second kappa shape index (κ2) is 7.68. The van der Waals surface area contributed by atoms with Crippen LogP contribution in [-0.2, 0) is 6.42 Å². The van der Waals surface area contributed by atoms with Crippen LogP contribution in [0.2, 0.25) is 5.02 Å². The number of amides is 1. The zero-order valence-electron chi connectivity index (χ0n) is 15.9. The van der Waals surface area contributed by atoms with Gasteiger partial charge in [0.1, 0.15) is 5.56 Å². The van der Waals surface area contributed by atoms with Crippen LogP contribution in [0.4, 0.5) is 5.69 Å². The fourth-order valence-corrected chi connectivity index (χ4v) is 3.75. The Bertz CT molecular complexity index is 1180. The number of para-hydroxylation sites is 1. The van der Waals surface area contributed by atoms with E-state index in [1.807, 2.05) is 25.1 Å². The van der Waals surface area contributed by atoms with Gasteiger partial charge < -0.3 is 5.32 Å². The lowest BCUT2D eigenvalue weighted by Crippen LogP contribution is -2.33. The van der Waals surface area contributed by atoms with Crippen molar-refractivity contribution in [2.45, 2.75) is 26.2 Å². The number of carbonyl (C=O) groups is 2. The highest BCUT2D eigenvalue weighted by atomic mass is 35.5. The van der Waals surface area contributed by atoms with Crippen molar-refractivity contribution in [1.82, 2.24) is 4.57 Å². The van der Waals surface area contributed by atoms with Crippen molar-refractivity contribution in [3.8, 4) is 5.69 Å². The summed E-state index contributed by atoms with van der Waals surface area (Å²) >= 11 is 5.99. The second-order valence-electron chi connectivity index (χ2n) is 7.08. The molecule has 1 aromatic heterocycles. The second-order valence-corrected chi connectivity index (χ2v) is 7.52. The third-order valence-corrected chi connectivity index (χ3v) is 5.40. The Labute approximate surface area is 172 Å². The number of pyridine rings is 1. The Hall–Kier alpha value is -3.18. The highest BCUT2D eigenvalue weighted by Gasteiger charge is 2.26. The minimum absolute atomic E-state index is 0.0566. The minimum atomic E-state index is -0.534. The van der Waals surface area contributed by atoms with E-state index in [0.717, 1.165) is 5.56 Å². The molecule has 0 saturated carbocycles. The number of benzene rings is 2. The number of Topliss-reactive ketones (excluding diaryl/α,β-unsaturated/α-hetero) is 1. The van der Waals surface area contributed by atoms with Gasteiger partial charge in [0.05, 0.1) is 0 Å². The maximum atomic E-state index is 13.3. The maximum absolute atomic E-state index is 13.3. The number of aromatic nitrogens is 1. The fourth-order valence-electron chi connectivity index (χ4n) is 3.62. The van der Waals surface area contributed by atoms with E-state index in [2.05, 4.69) is 5.32 Å². The molecular weight excluding hydrogens is 388 g/mol. The molecule has 5 nitrogen and oxygen atoms in total. The van der Waals surface area contributed by atoms with Crippen LogP contribution < -0.4 is 10.9 Å². The highest BCUT2D eigenvalue weighted by Crippen LogP contribution is 2.25. The van der Waals surface area contributed by atoms with Gasteiger partial charge in [0, 0.05) is 34.1 Å². The first kappa shape index (κ1) is 19.2. The molecule has 6 heteroatoms. The molecule has 1 heterocycles. The smallest absolute Gasteiger partial charge is 0.268 e. The summed E-state index contributed by atoms with van der Waals surface area (Å²) in [7, 11) is 0. The number of fused-ring (bicyclic) bond motifs is 1. The molecule has 2 aromatic carbocycles. The van der Waals surface area contributed by atoms with Crippen LogP contribution >= 0.6 is 11.6 Å². The van der Waals surface area contributed by atoms with Gasteiger partial charge >= 0.3 is 0 Å². The van der Waals surface area contributed by atoms with E-state index >= 15 is 0 Å². The topological polar surface area (TPSA) is 68.2 Å². The van der Waals surface area contributed by atoms with Gasteiger partial charge in [0.15, 0.2) is 5.78 Å². The molecule has 4 rings (SSSR count). The van der Waals surface area contributed by atoms with E-state index in [1.165, 1.54) is 10.6 Å². The molecule has 0 spiro atoms. The largest absolute Gasteiger partial charge is 0.322 e. The summed E-state index contributed by atoms with van der Waals surface area (Å²) in [4.78, 5) is 38.8. The molecule has 0 fully saturated rings. The average Bonchev–Trinajstić information content (AvgIpc) is 2.70. The Morgan fingerprint density at radius 3 is 2.48 bits per heavy atom. The van der Waals surface area contributed by atoms with Gasteiger partial charge in [0.25, 0.3) is 11.5 Å². The van der Waals surface area contributed by atoms with E-state index in [-0.39, 0.29) is 11.3 Å². The predicted octanol–water partition coefficient (Wildman–Crippen LogP) is 4.57. The van der Waals surface area contributed by atoms with Gasteiger partial charge in [-0.05, 0) is 61.7 Å². The minimum Gasteiger partial charge on any atom is -0.322 e. The maximum Gasteiger partial charge on any atom is 0.268 e. The summed E-state index contributed by atoms with van der Waals surface area (Å²) in [6.07, 6.45) is 1.68. The molecule has 0 bridgehead atoms. The molecule has 0 saturated heterocycles. The molecule has 1 N–H and O–H groups in total. The number of anilines is 1. The van der Waals surface area contributed by atoms with Gasteiger partial charge in [-0.15, -0.1) is 0 Å². The van der Waals surface area contributed by atoms with E-state index in [0.29, 0.717) is 46.9 Å². The Balaban J connectivity index is 1.88. The number of rotatable bonds is 3. The first-order valence-corrected chi connectivity index (χ1v) is 9.78. The van der Waals surface area contributed by atoms with E-state index in [1.54, 1.807) is 30.3 Å². The molecule has 1 aliphatic rings. The van der Waals surface area contributed by atoms with Crippen molar-refractivity contribution in [1.29, 1.82) is 0 Å². The standard InChI is InChI=1S/C23H19ClN2O3/c1-14-5-2-3-6-19(14)25-22(28)18-13-17-20(7-4-8-21(17)27)26(23(18)29)16-11-9-15(24)10-12-16/h2-3,5-6,9-13H,4,7-8H2,1H3,(H,25,28). The molecule has 29 heavy (non-hydrogen) atoms. The van der Waals surface area contributed by atoms with Crippen molar-refractivity contribution in [3.05, 3.63) is 92.4 Å². The zero-order chi connectivity index (χ0) is 20.5. The quantitative estimate of drug-likeness (QED) is 0.692. The Morgan fingerprint density at radius 2 is 1.76 bits per heavy atom. The van der Waals surface area contributed by atoms with E-state index in [9.17, 15) is 14.4 Å². The lowest BCUT2D eigenvalue weighted by atomic mass is 9.92. The van der Waals surface area contributed by atoms with Crippen molar-refractivity contribution in [2.75, 3.05) is 5.32 Å². The van der Waals surface area contributed by atoms with Gasteiger partial charge in [-0.25, -0.2) is 0 Å². The summed E-state index contributed by atoms with van der Waals surface area (Å²) in [5.74, 6) is -0.591. The van der Waals surface area contributed by atoms with Crippen LogP contribution in [0.15, 0.2) is 59.4 Å². The molecule has 0 radical (unpaired) electrons. The predicted molar refractivity (Wildman–Crippen MR) is 113 cm³/mol. The number of hydrogen-bond donors (Lipinski definition) is 1. The highest BCUT2D eigenvalue weighted by molar-refractivity contribution is 6.30. The first-order valence-electron chi connectivity index (χ1n) is 9.41. The zero-order valence-corrected chi connectivity index (χ0v) is 16.6. The summed E-state index contributed by atoms with van der Waals surface area (Å²) in [5, 5.41) is 3.33. The number of halogens is 1. The van der Waals surface area contributed by atoms with Crippen LogP contribution in [-0.4, -0.2) is 16.3 Å². The van der Waals surface area contributed by atoms with Crippen LogP contribution in [0.25, 0.3) is 5.69 Å². The third kappa shape index (κ3) is 3.61.